The Hall–Kier alpha value is -3.56. The highest BCUT2D eigenvalue weighted by Gasteiger charge is 2.28. The zero-order chi connectivity index (χ0) is 24.0. The molecule has 1 aliphatic rings. The van der Waals surface area contributed by atoms with E-state index < -0.39 is 0 Å². The first-order valence-electron chi connectivity index (χ1n) is 12.0. The molecule has 5 heteroatoms. The van der Waals surface area contributed by atoms with Crippen molar-refractivity contribution >= 4 is 11.0 Å². The summed E-state index contributed by atoms with van der Waals surface area (Å²) < 4.78 is 18.2. The normalized spacial score (nSPS) is 19.9. The third kappa shape index (κ3) is 5.58. The molecule has 0 bridgehead atoms. The van der Waals surface area contributed by atoms with Crippen molar-refractivity contribution in [1.29, 1.82) is 0 Å². The molecule has 0 saturated carbocycles. The molecule has 1 aliphatic heterocycles. The van der Waals surface area contributed by atoms with Crippen molar-refractivity contribution in [3.05, 3.63) is 90.0 Å². The second-order valence-electron chi connectivity index (χ2n) is 8.78. The molecule has 2 N–H and O–H groups in total. The zero-order valence-electron chi connectivity index (χ0n) is 19.7. The highest BCUT2D eigenvalue weighted by Crippen LogP contribution is 2.32. The van der Waals surface area contributed by atoms with Crippen LogP contribution in [0.3, 0.4) is 0 Å². The van der Waals surface area contributed by atoms with Crippen LogP contribution in [0.4, 0.5) is 0 Å². The maximum atomic E-state index is 9.43. The van der Waals surface area contributed by atoms with Crippen LogP contribution < -0.4 is 5.32 Å². The Kier molecular flexibility index (Phi) is 7.15. The zero-order valence-corrected chi connectivity index (χ0v) is 19.7. The Bertz CT molecular complexity index is 1320. The average molecular weight is 468 g/mol. The van der Waals surface area contributed by atoms with E-state index in [9.17, 15) is 5.11 Å². The van der Waals surface area contributed by atoms with E-state index in [1.54, 1.807) is 12.1 Å². The summed E-state index contributed by atoms with van der Waals surface area (Å²) in [5, 5.41) is 14.0. The van der Waals surface area contributed by atoms with Crippen LogP contribution in [0.5, 0.6) is 5.75 Å². The first-order valence-corrected chi connectivity index (χ1v) is 12.0. The molecule has 3 aromatic carbocycles. The Morgan fingerprint density at radius 2 is 1.74 bits per heavy atom. The molecule has 5 rings (SSSR count). The standard InChI is InChI=1S/C30H29NO4/c1-21-27(31-20-22-13-15-24(32)16-14-22)17-18-29(34-21)33-19-7-11-26-25-10-5-6-12-28(25)35-30(26)23-8-3-2-4-9-23/h2-6,8-10,12-16,21,27,29,31-32H,17-20H2,1H3/t21-,27-,29+/m0/s1. The van der Waals surface area contributed by atoms with E-state index in [2.05, 4.69) is 24.1 Å². The largest absolute Gasteiger partial charge is 0.508 e. The van der Waals surface area contributed by atoms with Gasteiger partial charge >= 0.3 is 0 Å². The van der Waals surface area contributed by atoms with Gasteiger partial charge in [-0.15, -0.1) is 0 Å². The molecule has 3 atom stereocenters. The molecule has 178 valence electrons. The Morgan fingerprint density at radius 3 is 2.54 bits per heavy atom. The summed E-state index contributed by atoms with van der Waals surface area (Å²) in [5.41, 5.74) is 3.84. The van der Waals surface area contributed by atoms with Crippen LogP contribution in [-0.2, 0) is 16.0 Å². The minimum Gasteiger partial charge on any atom is -0.508 e. The summed E-state index contributed by atoms with van der Waals surface area (Å²) in [6, 6.07) is 25.5. The number of rotatable bonds is 6. The molecule has 4 aromatic rings. The summed E-state index contributed by atoms with van der Waals surface area (Å²) in [6.45, 7) is 3.09. The Labute approximate surface area is 205 Å². The third-order valence-electron chi connectivity index (χ3n) is 6.34. The van der Waals surface area contributed by atoms with Crippen molar-refractivity contribution < 1.29 is 19.0 Å². The van der Waals surface area contributed by atoms with E-state index in [1.807, 2.05) is 66.7 Å². The van der Waals surface area contributed by atoms with Crippen LogP contribution in [0.25, 0.3) is 22.3 Å². The molecule has 1 saturated heterocycles. The van der Waals surface area contributed by atoms with Crippen LogP contribution in [0.1, 0.15) is 30.9 Å². The SMILES string of the molecule is C[C@@H]1O[C@@H](OCC#Cc2c(-c3ccccc3)oc3ccccc23)CC[C@@H]1NCc1ccc(O)cc1. The van der Waals surface area contributed by atoms with Crippen LogP contribution in [0.2, 0.25) is 0 Å². The quantitative estimate of drug-likeness (QED) is 0.348. The Morgan fingerprint density at radius 1 is 0.971 bits per heavy atom. The number of aromatic hydroxyl groups is 1. The average Bonchev–Trinajstić information content (AvgIpc) is 3.26. The van der Waals surface area contributed by atoms with Gasteiger partial charge in [0, 0.05) is 30.0 Å². The maximum absolute atomic E-state index is 9.43. The molecule has 1 fully saturated rings. The number of phenols is 1. The summed E-state index contributed by atoms with van der Waals surface area (Å²) in [5.74, 6) is 7.51. The van der Waals surface area contributed by atoms with Gasteiger partial charge in [-0.3, -0.25) is 0 Å². The first kappa shape index (κ1) is 23.2. The van der Waals surface area contributed by atoms with E-state index in [4.69, 9.17) is 13.9 Å². The molecule has 0 spiro atoms. The van der Waals surface area contributed by atoms with E-state index in [0.717, 1.165) is 52.8 Å². The summed E-state index contributed by atoms with van der Waals surface area (Å²) in [7, 11) is 0. The fourth-order valence-electron chi connectivity index (χ4n) is 4.43. The molecule has 0 radical (unpaired) electrons. The van der Waals surface area contributed by atoms with Crippen molar-refractivity contribution in [2.24, 2.45) is 0 Å². The fraction of sp³-hybridized carbons (Fsp3) is 0.267. The van der Waals surface area contributed by atoms with Crippen molar-refractivity contribution in [1.82, 2.24) is 5.32 Å². The summed E-state index contributed by atoms with van der Waals surface area (Å²) in [6.07, 6.45) is 1.53. The molecule has 35 heavy (non-hydrogen) atoms. The molecular weight excluding hydrogens is 438 g/mol. The molecular formula is C30H29NO4. The van der Waals surface area contributed by atoms with Gasteiger partial charge in [0.1, 0.15) is 17.9 Å². The molecule has 0 unspecified atom stereocenters. The lowest BCUT2D eigenvalue weighted by atomic mass is 10.0. The minimum absolute atomic E-state index is 0.0290. The number of para-hydroxylation sites is 1. The smallest absolute Gasteiger partial charge is 0.159 e. The van der Waals surface area contributed by atoms with Crippen LogP contribution in [0, 0.1) is 11.8 Å². The third-order valence-corrected chi connectivity index (χ3v) is 6.34. The topological polar surface area (TPSA) is 63.9 Å². The minimum atomic E-state index is -0.263. The van der Waals surface area contributed by atoms with Crippen LogP contribution >= 0.6 is 0 Å². The highest BCUT2D eigenvalue weighted by molar-refractivity contribution is 5.91. The number of nitrogens with one attached hydrogen (secondary N) is 1. The lowest BCUT2D eigenvalue weighted by Gasteiger charge is -2.34. The van der Waals surface area contributed by atoms with Gasteiger partial charge in [-0.25, -0.2) is 0 Å². The molecule has 5 nitrogen and oxygen atoms in total. The Balaban J connectivity index is 1.18. The lowest BCUT2D eigenvalue weighted by Crippen LogP contribution is -2.46. The number of phenolic OH excluding ortho intramolecular Hbond substituents is 1. The predicted molar refractivity (Wildman–Crippen MR) is 137 cm³/mol. The van der Waals surface area contributed by atoms with Crippen LogP contribution in [0.15, 0.2) is 83.3 Å². The van der Waals surface area contributed by atoms with Crippen molar-refractivity contribution in [2.75, 3.05) is 6.61 Å². The highest BCUT2D eigenvalue weighted by atomic mass is 16.7. The van der Waals surface area contributed by atoms with Gasteiger partial charge in [-0.1, -0.05) is 66.4 Å². The number of fused-ring (bicyclic) bond motifs is 1. The van der Waals surface area contributed by atoms with Gasteiger partial charge < -0.3 is 24.3 Å². The van der Waals surface area contributed by atoms with Crippen molar-refractivity contribution in [3.8, 4) is 28.9 Å². The maximum Gasteiger partial charge on any atom is 0.159 e. The first-order chi connectivity index (χ1) is 17.2. The number of hydrogen-bond acceptors (Lipinski definition) is 5. The van der Waals surface area contributed by atoms with E-state index in [0.29, 0.717) is 0 Å². The number of ether oxygens (including phenoxy) is 2. The van der Waals surface area contributed by atoms with Gasteiger partial charge in [0.15, 0.2) is 12.1 Å². The van der Waals surface area contributed by atoms with Crippen molar-refractivity contribution in [3.63, 3.8) is 0 Å². The van der Waals surface area contributed by atoms with E-state index in [1.165, 1.54) is 0 Å². The predicted octanol–water partition coefficient (Wildman–Crippen LogP) is 5.86. The van der Waals surface area contributed by atoms with Gasteiger partial charge in [0.25, 0.3) is 0 Å². The van der Waals surface area contributed by atoms with E-state index >= 15 is 0 Å². The second kappa shape index (κ2) is 10.8. The molecule has 1 aromatic heterocycles. The van der Waals surface area contributed by atoms with Gasteiger partial charge in [0.2, 0.25) is 0 Å². The molecule has 0 amide bonds. The lowest BCUT2D eigenvalue weighted by molar-refractivity contribution is -0.190. The number of hydrogen-bond donors (Lipinski definition) is 2. The second-order valence-corrected chi connectivity index (χ2v) is 8.78. The molecule has 2 heterocycles. The van der Waals surface area contributed by atoms with Gasteiger partial charge in [0.05, 0.1) is 11.7 Å². The molecule has 0 aliphatic carbocycles. The van der Waals surface area contributed by atoms with E-state index in [-0.39, 0.29) is 30.8 Å². The fourth-order valence-corrected chi connectivity index (χ4v) is 4.43. The number of benzene rings is 3. The van der Waals surface area contributed by atoms with Gasteiger partial charge in [-0.2, -0.15) is 0 Å². The monoisotopic (exact) mass is 467 g/mol. The van der Waals surface area contributed by atoms with Crippen molar-refractivity contribution in [2.45, 2.75) is 44.7 Å². The number of furan rings is 1. The van der Waals surface area contributed by atoms with Gasteiger partial charge in [-0.05, 0) is 43.2 Å². The van der Waals surface area contributed by atoms with Crippen LogP contribution in [-0.4, -0.2) is 30.1 Å². The summed E-state index contributed by atoms with van der Waals surface area (Å²) in [4.78, 5) is 0. The summed E-state index contributed by atoms with van der Waals surface area (Å²) >= 11 is 0.